The number of nitrogens with two attached hydrogens (primary N) is 1. The number of benzene rings is 2. The molecule has 4 N–H and O–H groups in total. The molecular weight excluding hydrogens is 483 g/mol. The number of anilines is 3. The van der Waals surface area contributed by atoms with E-state index in [1.54, 1.807) is 6.07 Å². The van der Waals surface area contributed by atoms with Gasteiger partial charge in [-0.1, -0.05) is 12.1 Å². The van der Waals surface area contributed by atoms with Crippen LogP contribution >= 0.6 is 0 Å². The largest absolute Gasteiger partial charge is 0.421 e. The molecule has 0 aliphatic carbocycles. The summed E-state index contributed by atoms with van der Waals surface area (Å²) < 4.78 is 86.3. The number of aromatic nitrogens is 2. The number of sulfonamides is 1. The Balaban J connectivity index is 1.86. The molecule has 0 aliphatic rings. The van der Waals surface area contributed by atoms with Crippen molar-refractivity contribution in [2.24, 2.45) is 5.14 Å². The second-order valence-electron chi connectivity index (χ2n) is 6.92. The summed E-state index contributed by atoms with van der Waals surface area (Å²) in [4.78, 5) is 7.44. The van der Waals surface area contributed by atoms with E-state index in [1.807, 2.05) is 0 Å². The van der Waals surface area contributed by atoms with Crippen LogP contribution in [0.25, 0.3) is 0 Å². The summed E-state index contributed by atoms with van der Waals surface area (Å²) in [5.41, 5.74) is -0.372. The zero-order chi connectivity index (χ0) is 24.4. The van der Waals surface area contributed by atoms with Gasteiger partial charge in [0.05, 0.1) is 9.79 Å². The van der Waals surface area contributed by atoms with Crippen LogP contribution in [0.15, 0.2) is 64.5 Å². The van der Waals surface area contributed by atoms with Crippen LogP contribution in [0.1, 0.15) is 11.1 Å². The number of hydrogen-bond donors (Lipinski definition) is 3. The normalized spacial score (nSPS) is 12.4. The molecule has 0 bridgehead atoms. The lowest BCUT2D eigenvalue weighted by Gasteiger charge is -2.15. The Morgan fingerprint density at radius 2 is 1.67 bits per heavy atom. The van der Waals surface area contributed by atoms with Crippen LogP contribution in [0.2, 0.25) is 0 Å². The second kappa shape index (κ2) is 8.96. The van der Waals surface area contributed by atoms with Gasteiger partial charge in [-0.3, -0.25) is 0 Å². The van der Waals surface area contributed by atoms with Crippen LogP contribution in [0, 0.1) is 0 Å². The lowest BCUT2D eigenvalue weighted by molar-refractivity contribution is -0.137. The van der Waals surface area contributed by atoms with Crippen LogP contribution in [0.5, 0.6) is 0 Å². The van der Waals surface area contributed by atoms with Gasteiger partial charge in [0.15, 0.2) is 9.84 Å². The predicted octanol–water partition coefficient (Wildman–Crippen LogP) is 2.90. The zero-order valence-electron chi connectivity index (χ0n) is 17.0. The molecule has 3 rings (SSSR count). The number of halogens is 3. The quantitative estimate of drug-likeness (QED) is 0.448. The maximum atomic E-state index is 13.4. The Kier molecular flexibility index (Phi) is 6.63. The standard InChI is InChI=1S/C19H18F3N5O4S2/c1-32(28,29)15-4-2-3-12(9-15)10-24-17-16(19(20,21)22)11-25-18(27-17)26-13-5-7-14(8-6-13)33(23,30)31/h2-9,11H,10H2,1H3,(H2,23,30,31)(H2,24,25,26,27). The van der Waals surface area contributed by atoms with E-state index in [1.165, 1.54) is 42.5 Å². The van der Waals surface area contributed by atoms with Crippen molar-refractivity contribution in [3.05, 3.63) is 65.9 Å². The third-order valence-corrected chi connectivity index (χ3v) is 6.36. The molecule has 3 aromatic rings. The highest BCUT2D eigenvalue weighted by Gasteiger charge is 2.35. The van der Waals surface area contributed by atoms with Crippen molar-refractivity contribution in [3.8, 4) is 0 Å². The molecule has 0 radical (unpaired) electrons. The van der Waals surface area contributed by atoms with Crippen molar-refractivity contribution in [3.63, 3.8) is 0 Å². The summed E-state index contributed by atoms with van der Waals surface area (Å²) in [6.45, 7) is -0.133. The fourth-order valence-electron chi connectivity index (χ4n) is 2.71. The number of hydrogen-bond acceptors (Lipinski definition) is 8. The zero-order valence-corrected chi connectivity index (χ0v) is 18.6. The molecule has 0 saturated carbocycles. The first-order chi connectivity index (χ1) is 15.2. The van der Waals surface area contributed by atoms with E-state index in [4.69, 9.17) is 5.14 Å². The molecule has 2 aromatic carbocycles. The Hall–Kier alpha value is -3.23. The fraction of sp³-hybridized carbons (Fsp3) is 0.158. The maximum absolute atomic E-state index is 13.4. The molecule has 0 spiro atoms. The van der Waals surface area contributed by atoms with E-state index >= 15 is 0 Å². The molecule has 1 aromatic heterocycles. The summed E-state index contributed by atoms with van der Waals surface area (Å²) in [6.07, 6.45) is -3.12. The van der Waals surface area contributed by atoms with E-state index < -0.39 is 37.4 Å². The number of rotatable bonds is 7. The van der Waals surface area contributed by atoms with E-state index in [0.717, 1.165) is 6.26 Å². The molecule has 176 valence electrons. The number of alkyl halides is 3. The topological polar surface area (TPSA) is 144 Å². The first-order valence-electron chi connectivity index (χ1n) is 9.10. The summed E-state index contributed by atoms with van der Waals surface area (Å²) >= 11 is 0. The van der Waals surface area contributed by atoms with Gasteiger partial charge in [-0.25, -0.2) is 27.0 Å². The monoisotopic (exact) mass is 501 g/mol. The Morgan fingerprint density at radius 1 is 1.00 bits per heavy atom. The summed E-state index contributed by atoms with van der Waals surface area (Å²) in [5.74, 6) is -0.704. The summed E-state index contributed by atoms with van der Waals surface area (Å²) in [5, 5.41) is 10.3. The third-order valence-electron chi connectivity index (χ3n) is 4.32. The van der Waals surface area contributed by atoms with Gasteiger partial charge in [-0.15, -0.1) is 0 Å². The Morgan fingerprint density at radius 3 is 2.24 bits per heavy atom. The average Bonchev–Trinajstić information content (AvgIpc) is 2.71. The molecular formula is C19H18F3N5O4S2. The van der Waals surface area contributed by atoms with E-state index in [0.29, 0.717) is 17.4 Å². The first-order valence-corrected chi connectivity index (χ1v) is 12.5. The van der Waals surface area contributed by atoms with Crippen molar-refractivity contribution in [1.29, 1.82) is 0 Å². The van der Waals surface area contributed by atoms with E-state index in [-0.39, 0.29) is 22.3 Å². The van der Waals surface area contributed by atoms with Gasteiger partial charge in [0.1, 0.15) is 11.4 Å². The minimum atomic E-state index is -4.74. The molecule has 0 saturated heterocycles. The summed E-state index contributed by atoms with van der Waals surface area (Å²) in [6, 6.07) is 10.9. The van der Waals surface area contributed by atoms with Crippen LogP contribution in [0.3, 0.4) is 0 Å². The van der Waals surface area contributed by atoms with Gasteiger partial charge < -0.3 is 10.6 Å². The minimum Gasteiger partial charge on any atom is -0.365 e. The maximum Gasteiger partial charge on any atom is 0.421 e. The molecule has 0 fully saturated rings. The predicted molar refractivity (Wildman–Crippen MR) is 115 cm³/mol. The smallest absolute Gasteiger partial charge is 0.365 e. The van der Waals surface area contributed by atoms with Gasteiger partial charge in [0, 0.05) is 24.7 Å². The van der Waals surface area contributed by atoms with Crippen molar-refractivity contribution in [1.82, 2.24) is 9.97 Å². The lowest BCUT2D eigenvalue weighted by atomic mass is 10.2. The van der Waals surface area contributed by atoms with Gasteiger partial charge in [-0.05, 0) is 42.0 Å². The fourth-order valence-corrected chi connectivity index (χ4v) is 3.92. The molecule has 1 heterocycles. The lowest BCUT2D eigenvalue weighted by Crippen LogP contribution is -2.14. The molecule has 0 amide bonds. The average molecular weight is 502 g/mol. The van der Waals surface area contributed by atoms with Gasteiger partial charge in [0.25, 0.3) is 0 Å². The summed E-state index contributed by atoms with van der Waals surface area (Å²) in [7, 11) is -7.38. The van der Waals surface area contributed by atoms with E-state index in [9.17, 15) is 30.0 Å². The Labute approximate surface area is 187 Å². The van der Waals surface area contributed by atoms with Crippen molar-refractivity contribution in [2.75, 3.05) is 16.9 Å². The molecule has 14 heteroatoms. The highest BCUT2D eigenvalue weighted by molar-refractivity contribution is 7.90. The number of sulfone groups is 1. The number of nitrogens with zero attached hydrogens (tertiary/aromatic N) is 2. The van der Waals surface area contributed by atoms with E-state index in [2.05, 4.69) is 20.6 Å². The van der Waals surface area contributed by atoms with Crippen LogP contribution in [0.4, 0.5) is 30.6 Å². The highest BCUT2D eigenvalue weighted by Crippen LogP contribution is 2.34. The van der Waals surface area contributed by atoms with Crippen LogP contribution < -0.4 is 15.8 Å². The van der Waals surface area contributed by atoms with Crippen LogP contribution in [-0.2, 0) is 32.6 Å². The molecule has 0 aliphatic heterocycles. The third kappa shape index (κ3) is 6.40. The van der Waals surface area contributed by atoms with Gasteiger partial charge in [-0.2, -0.15) is 18.2 Å². The SMILES string of the molecule is CS(=O)(=O)c1cccc(CNc2nc(Nc3ccc(S(N)(=O)=O)cc3)ncc2C(F)(F)F)c1. The molecule has 33 heavy (non-hydrogen) atoms. The number of nitrogens with one attached hydrogen (secondary N) is 2. The second-order valence-corrected chi connectivity index (χ2v) is 10.5. The minimum absolute atomic E-state index is 0.0332. The van der Waals surface area contributed by atoms with Crippen molar-refractivity contribution in [2.45, 2.75) is 22.5 Å². The highest BCUT2D eigenvalue weighted by atomic mass is 32.2. The number of primary sulfonamides is 1. The van der Waals surface area contributed by atoms with Crippen molar-refractivity contribution >= 4 is 37.3 Å². The molecule has 0 atom stereocenters. The molecule has 9 nitrogen and oxygen atoms in total. The van der Waals surface area contributed by atoms with Crippen molar-refractivity contribution < 1.29 is 30.0 Å². The first kappa shape index (κ1) is 24.4. The van der Waals surface area contributed by atoms with Crippen LogP contribution in [-0.4, -0.2) is 33.1 Å². The molecule has 0 unspecified atom stereocenters. The Bertz CT molecular complexity index is 1380. The van der Waals surface area contributed by atoms with Gasteiger partial charge >= 0.3 is 6.18 Å². The van der Waals surface area contributed by atoms with Gasteiger partial charge in [0.2, 0.25) is 16.0 Å².